The largest absolute Gasteiger partial charge is 0.484 e. The lowest BCUT2D eigenvalue weighted by Crippen LogP contribution is -2.20. The zero-order valence-electron chi connectivity index (χ0n) is 13.0. The first-order valence-electron chi connectivity index (χ1n) is 7.38. The number of anilines is 1. The molecule has 0 unspecified atom stereocenters. The number of fused-ring (bicyclic) bond motifs is 1. The summed E-state index contributed by atoms with van der Waals surface area (Å²) >= 11 is 0. The molecule has 1 aromatic heterocycles. The number of rotatable bonds is 5. The molecule has 0 aliphatic carbocycles. The molecule has 1 heterocycles. The van der Waals surface area contributed by atoms with Gasteiger partial charge in [-0.25, -0.2) is 4.79 Å². The fourth-order valence-corrected chi connectivity index (χ4v) is 2.23. The molecular weight excluding hydrogens is 324 g/mol. The van der Waals surface area contributed by atoms with Crippen LogP contribution >= 0.6 is 0 Å². The third kappa shape index (κ3) is 4.03. The first-order valence-corrected chi connectivity index (χ1v) is 7.38. The first kappa shape index (κ1) is 16.3. The SMILES string of the molecule is NC(=O)c1cccc(NC(=O)COc2ccc3ccc(=O)oc3c2)c1. The second-order valence-electron chi connectivity index (χ2n) is 5.24. The first-order chi connectivity index (χ1) is 12.0. The summed E-state index contributed by atoms with van der Waals surface area (Å²) in [5.41, 5.74) is 5.84. The topological polar surface area (TPSA) is 112 Å². The van der Waals surface area contributed by atoms with Gasteiger partial charge in [-0.2, -0.15) is 0 Å². The molecule has 0 bridgehead atoms. The van der Waals surface area contributed by atoms with Gasteiger partial charge in [-0.3, -0.25) is 9.59 Å². The molecule has 0 aliphatic heterocycles. The molecule has 0 radical (unpaired) electrons. The molecule has 0 fully saturated rings. The molecule has 3 aromatic rings. The van der Waals surface area contributed by atoms with Crippen LogP contribution in [0, 0.1) is 0 Å². The number of nitrogens with one attached hydrogen (secondary N) is 1. The number of benzene rings is 2. The minimum Gasteiger partial charge on any atom is -0.484 e. The van der Waals surface area contributed by atoms with Crippen LogP contribution < -0.4 is 21.4 Å². The Bertz CT molecular complexity index is 1010. The van der Waals surface area contributed by atoms with Gasteiger partial charge in [0.05, 0.1) is 0 Å². The van der Waals surface area contributed by atoms with Gasteiger partial charge in [0.2, 0.25) is 5.91 Å². The molecule has 7 heteroatoms. The lowest BCUT2D eigenvalue weighted by molar-refractivity contribution is -0.118. The summed E-state index contributed by atoms with van der Waals surface area (Å²) in [6, 6.07) is 14.2. The Morgan fingerprint density at radius 3 is 2.68 bits per heavy atom. The molecule has 2 aromatic carbocycles. The van der Waals surface area contributed by atoms with Crippen LogP contribution in [0.2, 0.25) is 0 Å². The Balaban J connectivity index is 1.65. The van der Waals surface area contributed by atoms with Crippen molar-refractivity contribution < 1.29 is 18.7 Å². The predicted octanol–water partition coefficient (Wildman–Crippen LogP) is 1.91. The maximum Gasteiger partial charge on any atom is 0.336 e. The van der Waals surface area contributed by atoms with Gasteiger partial charge in [-0.1, -0.05) is 6.07 Å². The van der Waals surface area contributed by atoms with E-state index in [0.29, 0.717) is 22.6 Å². The molecule has 3 N–H and O–H groups in total. The molecule has 126 valence electrons. The molecule has 0 atom stereocenters. The zero-order valence-corrected chi connectivity index (χ0v) is 13.0. The molecule has 7 nitrogen and oxygen atoms in total. The number of ether oxygens (including phenoxy) is 1. The number of hydrogen-bond acceptors (Lipinski definition) is 5. The van der Waals surface area contributed by atoms with E-state index < -0.39 is 17.4 Å². The number of carbonyl (C=O) groups is 2. The van der Waals surface area contributed by atoms with Crippen LogP contribution in [-0.4, -0.2) is 18.4 Å². The van der Waals surface area contributed by atoms with E-state index in [0.717, 1.165) is 5.39 Å². The van der Waals surface area contributed by atoms with Crippen molar-refractivity contribution >= 4 is 28.5 Å². The van der Waals surface area contributed by atoms with Crippen molar-refractivity contribution in [1.82, 2.24) is 0 Å². The molecule has 0 saturated carbocycles. The number of hydrogen-bond donors (Lipinski definition) is 2. The van der Waals surface area contributed by atoms with Crippen molar-refractivity contribution in [3.63, 3.8) is 0 Å². The van der Waals surface area contributed by atoms with Crippen LogP contribution in [0.4, 0.5) is 5.69 Å². The minimum atomic E-state index is -0.579. The monoisotopic (exact) mass is 338 g/mol. The number of carbonyl (C=O) groups excluding carboxylic acids is 2. The van der Waals surface area contributed by atoms with Gasteiger partial charge in [-0.05, 0) is 36.4 Å². The van der Waals surface area contributed by atoms with Gasteiger partial charge in [0, 0.05) is 28.8 Å². The van der Waals surface area contributed by atoms with Gasteiger partial charge in [0.1, 0.15) is 11.3 Å². The van der Waals surface area contributed by atoms with E-state index in [2.05, 4.69) is 5.32 Å². The number of primary amides is 1. The molecule has 2 amide bonds. The van der Waals surface area contributed by atoms with Crippen molar-refractivity contribution in [1.29, 1.82) is 0 Å². The van der Waals surface area contributed by atoms with Crippen LogP contribution in [0.25, 0.3) is 11.0 Å². The molecular formula is C18H14N2O5. The molecule has 25 heavy (non-hydrogen) atoms. The van der Waals surface area contributed by atoms with Crippen molar-refractivity contribution in [2.75, 3.05) is 11.9 Å². The van der Waals surface area contributed by atoms with Gasteiger partial charge in [0.15, 0.2) is 6.61 Å². The summed E-state index contributed by atoms with van der Waals surface area (Å²) in [4.78, 5) is 34.3. The van der Waals surface area contributed by atoms with E-state index in [1.54, 1.807) is 36.4 Å². The van der Waals surface area contributed by atoms with E-state index in [1.807, 2.05) is 0 Å². The molecule has 0 saturated heterocycles. The van der Waals surface area contributed by atoms with Crippen LogP contribution in [0.15, 0.2) is 63.8 Å². The molecule has 0 spiro atoms. The molecule has 3 rings (SSSR count). The van der Waals surface area contributed by atoms with Crippen molar-refractivity contribution in [3.05, 3.63) is 70.6 Å². The van der Waals surface area contributed by atoms with Crippen molar-refractivity contribution in [3.8, 4) is 5.75 Å². The third-order valence-corrected chi connectivity index (χ3v) is 3.40. The highest BCUT2D eigenvalue weighted by atomic mass is 16.5. The normalized spacial score (nSPS) is 10.4. The average molecular weight is 338 g/mol. The summed E-state index contributed by atoms with van der Waals surface area (Å²) in [5.74, 6) is -0.593. The Morgan fingerprint density at radius 2 is 1.88 bits per heavy atom. The summed E-state index contributed by atoms with van der Waals surface area (Å²) < 4.78 is 10.5. The van der Waals surface area contributed by atoms with Crippen molar-refractivity contribution in [2.24, 2.45) is 5.73 Å². The highest BCUT2D eigenvalue weighted by molar-refractivity contribution is 5.96. The van der Waals surface area contributed by atoms with Crippen LogP contribution in [-0.2, 0) is 4.79 Å². The highest BCUT2D eigenvalue weighted by Crippen LogP contribution is 2.19. The second kappa shape index (κ2) is 6.88. The quantitative estimate of drug-likeness (QED) is 0.690. The van der Waals surface area contributed by atoms with Crippen LogP contribution in [0.3, 0.4) is 0 Å². The fourth-order valence-electron chi connectivity index (χ4n) is 2.23. The Labute approximate surface area is 142 Å². The maximum atomic E-state index is 12.0. The Morgan fingerprint density at radius 1 is 1.08 bits per heavy atom. The van der Waals surface area contributed by atoms with E-state index >= 15 is 0 Å². The summed E-state index contributed by atoms with van der Waals surface area (Å²) in [5, 5.41) is 3.36. The van der Waals surface area contributed by atoms with Crippen molar-refractivity contribution in [2.45, 2.75) is 0 Å². The summed E-state index contributed by atoms with van der Waals surface area (Å²) in [6.07, 6.45) is 0. The number of nitrogens with two attached hydrogens (primary N) is 1. The summed E-state index contributed by atoms with van der Waals surface area (Å²) in [6.45, 7) is -0.247. The molecule has 0 aliphatic rings. The predicted molar refractivity (Wildman–Crippen MR) is 91.6 cm³/mol. The van der Waals surface area contributed by atoms with E-state index in [9.17, 15) is 14.4 Å². The highest BCUT2D eigenvalue weighted by Gasteiger charge is 2.07. The van der Waals surface area contributed by atoms with Crippen LogP contribution in [0.5, 0.6) is 5.75 Å². The van der Waals surface area contributed by atoms with Gasteiger partial charge in [0.25, 0.3) is 5.91 Å². The minimum absolute atomic E-state index is 0.247. The summed E-state index contributed by atoms with van der Waals surface area (Å²) in [7, 11) is 0. The second-order valence-corrected chi connectivity index (χ2v) is 5.24. The van der Waals surface area contributed by atoms with Gasteiger partial charge >= 0.3 is 5.63 Å². The lowest BCUT2D eigenvalue weighted by atomic mass is 10.2. The zero-order chi connectivity index (χ0) is 17.8. The average Bonchev–Trinajstić information content (AvgIpc) is 2.59. The van der Waals surface area contributed by atoms with E-state index in [1.165, 1.54) is 18.2 Å². The van der Waals surface area contributed by atoms with Gasteiger partial charge < -0.3 is 20.2 Å². The van der Waals surface area contributed by atoms with E-state index in [4.69, 9.17) is 14.9 Å². The van der Waals surface area contributed by atoms with E-state index in [-0.39, 0.29) is 6.61 Å². The van der Waals surface area contributed by atoms with Crippen LogP contribution in [0.1, 0.15) is 10.4 Å². The Hall–Kier alpha value is -3.61. The smallest absolute Gasteiger partial charge is 0.336 e. The Kier molecular flexibility index (Phi) is 4.47. The maximum absolute atomic E-state index is 12.0. The lowest BCUT2D eigenvalue weighted by Gasteiger charge is -2.08. The number of amides is 2. The van der Waals surface area contributed by atoms with Gasteiger partial charge in [-0.15, -0.1) is 0 Å². The standard InChI is InChI=1S/C18H14N2O5/c19-18(23)12-2-1-3-13(8-12)20-16(21)10-24-14-6-4-11-5-7-17(22)25-15(11)9-14/h1-9H,10H2,(H2,19,23)(H,20,21). The fraction of sp³-hybridized carbons (Fsp3) is 0.0556. The third-order valence-electron chi connectivity index (χ3n) is 3.40.